The van der Waals surface area contributed by atoms with Crippen molar-refractivity contribution in [3.05, 3.63) is 80.5 Å². The number of hydrogen-bond donors (Lipinski definition) is 2. The van der Waals surface area contributed by atoms with Crippen molar-refractivity contribution in [2.45, 2.75) is 6.92 Å². The average Bonchev–Trinajstić information content (AvgIpc) is 2.70. The maximum absolute atomic E-state index is 13.3. The number of phenolic OH excluding ortho intramolecular Hbond substituents is 1. The molecule has 0 atom stereocenters. The van der Waals surface area contributed by atoms with Crippen LogP contribution >= 0.6 is 31.9 Å². The summed E-state index contributed by atoms with van der Waals surface area (Å²) >= 11 is 6.46. The number of carboxylic acids is 1. The van der Waals surface area contributed by atoms with Crippen molar-refractivity contribution in [2.24, 2.45) is 0 Å². The summed E-state index contributed by atoms with van der Waals surface area (Å²) in [4.78, 5) is 22.2. The van der Waals surface area contributed by atoms with Gasteiger partial charge in [0.05, 0.1) is 7.11 Å². The minimum atomic E-state index is -0.992. The lowest BCUT2D eigenvalue weighted by atomic mass is 9.96. The summed E-state index contributed by atoms with van der Waals surface area (Å²) in [7, 11) is 1.44. The number of rotatable bonds is 4. The number of hydrogen-bond acceptors (Lipinski definition) is 4. The molecule has 0 unspecified atom stereocenters. The Morgan fingerprint density at radius 2 is 1.53 bits per heavy atom. The first-order valence-electron chi connectivity index (χ1n) is 8.50. The fourth-order valence-corrected chi connectivity index (χ4v) is 3.34. The van der Waals surface area contributed by atoms with E-state index in [9.17, 15) is 19.1 Å². The predicted molar refractivity (Wildman–Crippen MR) is 119 cm³/mol. The Kier molecular flexibility index (Phi) is 8.14. The SMILES string of the molecule is CC(=O)c1ccc(F)cc1-c1cc(Br)ccc1O.COc1ccc(Br)cc1C(=O)O. The standard InChI is InChI=1S/C14H10BrFO2.C8H7BrO3/c1-8(17)11-4-3-10(16)7-12(11)13-6-9(15)2-5-14(13)18;1-12-7-3-2-5(9)4-6(7)8(10)11/h2-7,18H,1H3;2-4H,1H3,(H,10,11). The summed E-state index contributed by atoms with van der Waals surface area (Å²) in [6, 6.07) is 13.6. The Hall–Kier alpha value is -2.71. The number of aromatic carboxylic acids is 1. The van der Waals surface area contributed by atoms with Gasteiger partial charge in [0, 0.05) is 20.1 Å². The van der Waals surface area contributed by atoms with E-state index >= 15 is 0 Å². The van der Waals surface area contributed by atoms with Gasteiger partial charge in [-0.05, 0) is 67.1 Å². The lowest BCUT2D eigenvalue weighted by Gasteiger charge is -2.10. The highest BCUT2D eigenvalue weighted by Gasteiger charge is 2.14. The van der Waals surface area contributed by atoms with Crippen molar-refractivity contribution < 1.29 is 28.9 Å². The van der Waals surface area contributed by atoms with Gasteiger partial charge in [-0.3, -0.25) is 4.79 Å². The third-order valence-corrected chi connectivity index (χ3v) is 4.99. The molecule has 0 bridgehead atoms. The van der Waals surface area contributed by atoms with E-state index in [0.717, 1.165) is 8.95 Å². The normalized spacial score (nSPS) is 10.0. The fourth-order valence-electron chi connectivity index (χ4n) is 2.62. The fraction of sp³-hybridized carbons (Fsp3) is 0.0909. The highest BCUT2D eigenvalue weighted by atomic mass is 79.9. The summed E-state index contributed by atoms with van der Waals surface area (Å²) in [5.74, 6) is -1.25. The number of phenols is 1. The zero-order chi connectivity index (χ0) is 22.4. The van der Waals surface area contributed by atoms with E-state index in [-0.39, 0.29) is 17.1 Å². The highest BCUT2D eigenvalue weighted by Crippen LogP contribution is 2.34. The van der Waals surface area contributed by atoms with Gasteiger partial charge in [0.1, 0.15) is 22.9 Å². The third kappa shape index (κ3) is 5.90. The second kappa shape index (κ2) is 10.4. The molecule has 0 spiro atoms. The number of halogens is 3. The van der Waals surface area contributed by atoms with Crippen molar-refractivity contribution in [2.75, 3.05) is 7.11 Å². The summed E-state index contributed by atoms with van der Waals surface area (Å²) in [6.45, 7) is 1.41. The van der Waals surface area contributed by atoms with Crippen LogP contribution in [0.4, 0.5) is 4.39 Å². The maximum atomic E-state index is 13.3. The van der Waals surface area contributed by atoms with Crippen LogP contribution < -0.4 is 4.74 Å². The first-order chi connectivity index (χ1) is 14.1. The Balaban J connectivity index is 0.000000232. The number of Topliss-reactive ketones (excluding diaryl/α,β-unsaturated/α-hetero) is 1. The Morgan fingerprint density at radius 3 is 2.13 bits per heavy atom. The number of ether oxygens (including phenoxy) is 1. The molecule has 0 amide bonds. The van der Waals surface area contributed by atoms with E-state index < -0.39 is 11.8 Å². The second-order valence-electron chi connectivity index (χ2n) is 6.06. The van der Waals surface area contributed by atoms with Crippen LogP contribution in [0.15, 0.2) is 63.5 Å². The molecule has 0 aliphatic rings. The van der Waals surface area contributed by atoms with Crippen LogP contribution in [0.2, 0.25) is 0 Å². The molecule has 0 aliphatic carbocycles. The van der Waals surface area contributed by atoms with Crippen molar-refractivity contribution in [1.29, 1.82) is 0 Å². The van der Waals surface area contributed by atoms with E-state index in [1.165, 1.54) is 44.4 Å². The van der Waals surface area contributed by atoms with Crippen LogP contribution in [0, 0.1) is 5.82 Å². The van der Waals surface area contributed by atoms with E-state index in [4.69, 9.17) is 9.84 Å². The zero-order valence-electron chi connectivity index (χ0n) is 15.9. The number of carboxylic acid groups (broad SMARTS) is 1. The predicted octanol–water partition coefficient (Wildman–Crippen LogP) is 6.32. The van der Waals surface area contributed by atoms with E-state index in [1.807, 2.05) is 0 Å². The molecule has 0 saturated heterocycles. The molecule has 0 aromatic heterocycles. The van der Waals surface area contributed by atoms with Crippen molar-refractivity contribution in [3.63, 3.8) is 0 Å². The van der Waals surface area contributed by atoms with Gasteiger partial charge in [-0.25, -0.2) is 9.18 Å². The lowest BCUT2D eigenvalue weighted by molar-refractivity contribution is 0.0693. The van der Waals surface area contributed by atoms with Gasteiger partial charge in [-0.15, -0.1) is 0 Å². The molecular weight excluding hydrogens is 523 g/mol. The molecule has 2 N–H and O–H groups in total. The minimum Gasteiger partial charge on any atom is -0.507 e. The number of aromatic hydroxyl groups is 1. The van der Waals surface area contributed by atoms with E-state index in [0.29, 0.717) is 22.4 Å². The third-order valence-electron chi connectivity index (χ3n) is 4.00. The molecule has 156 valence electrons. The highest BCUT2D eigenvalue weighted by molar-refractivity contribution is 9.10. The van der Waals surface area contributed by atoms with Crippen LogP contribution in [0.25, 0.3) is 11.1 Å². The Morgan fingerprint density at radius 1 is 0.900 bits per heavy atom. The van der Waals surface area contributed by atoms with Gasteiger partial charge in [-0.2, -0.15) is 0 Å². The number of methoxy groups -OCH3 is 1. The van der Waals surface area contributed by atoms with E-state index in [1.54, 1.807) is 24.3 Å². The average molecular weight is 540 g/mol. The lowest BCUT2D eigenvalue weighted by Crippen LogP contribution is -1.99. The van der Waals surface area contributed by atoms with Crippen molar-refractivity contribution in [3.8, 4) is 22.6 Å². The molecule has 5 nitrogen and oxygen atoms in total. The first kappa shape index (κ1) is 23.6. The topological polar surface area (TPSA) is 83.8 Å². The molecule has 0 saturated carbocycles. The Bertz CT molecular complexity index is 1100. The molecule has 3 aromatic rings. The molecule has 3 aromatic carbocycles. The van der Waals surface area contributed by atoms with Gasteiger partial charge in [-0.1, -0.05) is 31.9 Å². The Labute approximate surface area is 189 Å². The smallest absolute Gasteiger partial charge is 0.339 e. The number of ketones is 1. The first-order valence-corrected chi connectivity index (χ1v) is 10.1. The van der Waals surface area contributed by atoms with Crippen molar-refractivity contribution >= 4 is 43.6 Å². The summed E-state index contributed by atoms with van der Waals surface area (Å²) in [5.41, 5.74) is 1.35. The monoisotopic (exact) mass is 538 g/mol. The van der Waals surface area contributed by atoms with Gasteiger partial charge >= 0.3 is 5.97 Å². The van der Waals surface area contributed by atoms with Crippen LogP contribution in [0.3, 0.4) is 0 Å². The molecule has 3 rings (SSSR count). The number of carbonyl (C=O) groups is 2. The minimum absolute atomic E-state index is 0.00583. The molecule has 0 fully saturated rings. The molecule has 0 radical (unpaired) electrons. The molecule has 30 heavy (non-hydrogen) atoms. The number of carbonyl (C=O) groups excluding carboxylic acids is 1. The summed E-state index contributed by atoms with van der Waals surface area (Å²) in [6.07, 6.45) is 0. The maximum Gasteiger partial charge on any atom is 0.339 e. The molecule has 0 heterocycles. The quantitative estimate of drug-likeness (QED) is 0.379. The second-order valence-corrected chi connectivity index (χ2v) is 7.89. The largest absolute Gasteiger partial charge is 0.507 e. The van der Waals surface area contributed by atoms with Gasteiger partial charge in [0.15, 0.2) is 5.78 Å². The van der Waals surface area contributed by atoms with Gasteiger partial charge in [0.25, 0.3) is 0 Å². The summed E-state index contributed by atoms with van der Waals surface area (Å²) in [5, 5.41) is 18.6. The van der Waals surface area contributed by atoms with Crippen LogP contribution in [0.5, 0.6) is 11.5 Å². The molecular formula is C22H17Br2FO5. The number of benzene rings is 3. The van der Waals surface area contributed by atoms with Gasteiger partial charge in [0.2, 0.25) is 0 Å². The van der Waals surface area contributed by atoms with Crippen LogP contribution in [-0.2, 0) is 0 Å². The van der Waals surface area contributed by atoms with Crippen molar-refractivity contribution in [1.82, 2.24) is 0 Å². The summed E-state index contributed by atoms with van der Waals surface area (Å²) < 4.78 is 19.7. The van der Waals surface area contributed by atoms with Crippen LogP contribution in [0.1, 0.15) is 27.6 Å². The van der Waals surface area contributed by atoms with Gasteiger partial charge < -0.3 is 14.9 Å². The zero-order valence-corrected chi connectivity index (χ0v) is 19.1. The van der Waals surface area contributed by atoms with E-state index in [2.05, 4.69) is 31.9 Å². The molecule has 0 aliphatic heterocycles. The van der Waals surface area contributed by atoms with Crippen LogP contribution in [-0.4, -0.2) is 29.1 Å². The molecule has 8 heteroatoms.